The van der Waals surface area contributed by atoms with Crippen LogP contribution in [0.1, 0.15) is 38.7 Å². The third-order valence-corrected chi connectivity index (χ3v) is 4.05. The number of nitrogens with one attached hydrogen (secondary N) is 1. The SMILES string of the molecule is CCCNC(CCCOCC)Cc1ccc(OC)c(Br)c1. The smallest absolute Gasteiger partial charge is 0.133 e. The van der Waals surface area contributed by atoms with E-state index in [1.165, 1.54) is 5.56 Å². The molecule has 0 heterocycles. The Balaban J connectivity index is 2.55. The summed E-state index contributed by atoms with van der Waals surface area (Å²) >= 11 is 3.56. The zero-order chi connectivity index (χ0) is 15.5. The summed E-state index contributed by atoms with van der Waals surface area (Å²) in [6, 6.07) is 6.83. The molecule has 4 heteroatoms. The topological polar surface area (TPSA) is 30.5 Å². The maximum absolute atomic E-state index is 5.44. The molecule has 120 valence electrons. The summed E-state index contributed by atoms with van der Waals surface area (Å²) in [5, 5.41) is 3.64. The quantitative estimate of drug-likeness (QED) is 0.602. The lowest BCUT2D eigenvalue weighted by molar-refractivity contribution is 0.140. The van der Waals surface area contributed by atoms with Crippen LogP contribution in [0.2, 0.25) is 0 Å². The fourth-order valence-corrected chi connectivity index (χ4v) is 2.91. The Morgan fingerprint density at radius 1 is 1.29 bits per heavy atom. The van der Waals surface area contributed by atoms with Gasteiger partial charge in [-0.1, -0.05) is 13.0 Å². The molecule has 0 aliphatic carbocycles. The number of hydrogen-bond acceptors (Lipinski definition) is 3. The molecule has 1 aromatic carbocycles. The Hall–Kier alpha value is -0.580. The van der Waals surface area contributed by atoms with Crippen LogP contribution in [-0.4, -0.2) is 32.9 Å². The molecule has 0 radical (unpaired) electrons. The summed E-state index contributed by atoms with van der Waals surface area (Å²) in [5.74, 6) is 0.883. The van der Waals surface area contributed by atoms with Crippen LogP contribution in [0.4, 0.5) is 0 Å². The molecule has 0 bridgehead atoms. The molecule has 0 saturated carbocycles. The van der Waals surface area contributed by atoms with Crippen LogP contribution in [0.15, 0.2) is 22.7 Å². The minimum atomic E-state index is 0.505. The Morgan fingerprint density at radius 3 is 2.71 bits per heavy atom. The van der Waals surface area contributed by atoms with Crippen molar-refractivity contribution in [2.45, 2.75) is 45.6 Å². The maximum Gasteiger partial charge on any atom is 0.133 e. The molecule has 3 nitrogen and oxygen atoms in total. The standard InChI is InChI=1S/C17H28BrNO2/c1-4-10-19-15(7-6-11-21-5-2)12-14-8-9-17(20-3)16(18)13-14/h8-9,13,15,19H,4-7,10-12H2,1-3H3. The Labute approximate surface area is 137 Å². The minimum Gasteiger partial charge on any atom is -0.496 e. The summed E-state index contributed by atoms with van der Waals surface area (Å²) in [4.78, 5) is 0. The molecule has 0 saturated heterocycles. The third kappa shape index (κ3) is 7.30. The highest BCUT2D eigenvalue weighted by Gasteiger charge is 2.10. The van der Waals surface area contributed by atoms with E-state index in [-0.39, 0.29) is 0 Å². The van der Waals surface area contributed by atoms with E-state index in [0.717, 1.165) is 55.7 Å². The van der Waals surface area contributed by atoms with Gasteiger partial charge in [-0.2, -0.15) is 0 Å². The second-order valence-electron chi connectivity index (χ2n) is 5.16. The van der Waals surface area contributed by atoms with Crippen molar-refractivity contribution in [3.05, 3.63) is 28.2 Å². The molecule has 1 aromatic rings. The molecular formula is C17H28BrNO2. The first-order valence-electron chi connectivity index (χ1n) is 7.84. The van der Waals surface area contributed by atoms with Gasteiger partial charge in [0.1, 0.15) is 5.75 Å². The fourth-order valence-electron chi connectivity index (χ4n) is 2.32. The van der Waals surface area contributed by atoms with E-state index in [9.17, 15) is 0 Å². The lowest BCUT2D eigenvalue weighted by Gasteiger charge is -2.19. The first-order valence-corrected chi connectivity index (χ1v) is 8.64. The van der Waals surface area contributed by atoms with Gasteiger partial charge in [0.2, 0.25) is 0 Å². The van der Waals surface area contributed by atoms with E-state index >= 15 is 0 Å². The molecule has 0 aliphatic heterocycles. The van der Waals surface area contributed by atoms with Gasteiger partial charge in [0, 0.05) is 19.3 Å². The molecule has 1 unspecified atom stereocenters. The fraction of sp³-hybridized carbons (Fsp3) is 0.647. The average molecular weight is 358 g/mol. The zero-order valence-corrected chi connectivity index (χ0v) is 15.0. The predicted octanol–water partition coefficient (Wildman–Crippen LogP) is 4.19. The predicted molar refractivity (Wildman–Crippen MR) is 92.2 cm³/mol. The van der Waals surface area contributed by atoms with E-state index in [1.54, 1.807) is 7.11 Å². The van der Waals surface area contributed by atoms with Gasteiger partial charge in [0.15, 0.2) is 0 Å². The normalized spacial score (nSPS) is 12.4. The van der Waals surface area contributed by atoms with Crippen molar-refractivity contribution in [3.8, 4) is 5.75 Å². The number of rotatable bonds is 11. The molecule has 0 spiro atoms. The van der Waals surface area contributed by atoms with Gasteiger partial charge in [0.05, 0.1) is 11.6 Å². The van der Waals surface area contributed by atoms with Crippen LogP contribution in [-0.2, 0) is 11.2 Å². The van der Waals surface area contributed by atoms with Crippen molar-refractivity contribution in [1.29, 1.82) is 0 Å². The highest BCUT2D eigenvalue weighted by Crippen LogP contribution is 2.26. The summed E-state index contributed by atoms with van der Waals surface area (Å²) in [6.45, 7) is 6.97. The number of hydrogen-bond donors (Lipinski definition) is 1. The highest BCUT2D eigenvalue weighted by molar-refractivity contribution is 9.10. The molecular weight excluding hydrogens is 330 g/mol. The van der Waals surface area contributed by atoms with E-state index in [4.69, 9.17) is 9.47 Å². The first-order chi connectivity index (χ1) is 10.2. The van der Waals surface area contributed by atoms with E-state index in [2.05, 4.69) is 40.3 Å². The van der Waals surface area contributed by atoms with Crippen molar-refractivity contribution >= 4 is 15.9 Å². The first kappa shape index (κ1) is 18.5. The van der Waals surface area contributed by atoms with Crippen molar-refractivity contribution < 1.29 is 9.47 Å². The lowest BCUT2D eigenvalue weighted by Crippen LogP contribution is -2.32. The maximum atomic E-state index is 5.44. The van der Waals surface area contributed by atoms with E-state index in [0.29, 0.717) is 6.04 Å². The van der Waals surface area contributed by atoms with Crippen LogP contribution in [0.25, 0.3) is 0 Å². The van der Waals surface area contributed by atoms with Gasteiger partial charge in [0.25, 0.3) is 0 Å². The molecule has 0 fully saturated rings. The van der Waals surface area contributed by atoms with E-state index in [1.807, 2.05) is 13.0 Å². The van der Waals surface area contributed by atoms with Crippen LogP contribution in [0.3, 0.4) is 0 Å². The molecule has 1 atom stereocenters. The Kier molecular flexibility index (Phi) is 9.72. The second-order valence-corrected chi connectivity index (χ2v) is 6.02. The molecule has 21 heavy (non-hydrogen) atoms. The van der Waals surface area contributed by atoms with Gasteiger partial charge in [-0.15, -0.1) is 0 Å². The van der Waals surface area contributed by atoms with Crippen molar-refractivity contribution in [1.82, 2.24) is 5.32 Å². The van der Waals surface area contributed by atoms with Crippen molar-refractivity contribution in [3.63, 3.8) is 0 Å². The minimum absolute atomic E-state index is 0.505. The molecule has 0 amide bonds. The van der Waals surface area contributed by atoms with Crippen molar-refractivity contribution in [2.75, 3.05) is 26.9 Å². The largest absolute Gasteiger partial charge is 0.496 e. The van der Waals surface area contributed by atoms with Gasteiger partial charge >= 0.3 is 0 Å². The molecule has 1 rings (SSSR count). The summed E-state index contributed by atoms with van der Waals surface area (Å²) < 4.78 is 11.7. The average Bonchev–Trinajstić information content (AvgIpc) is 2.49. The highest BCUT2D eigenvalue weighted by atomic mass is 79.9. The number of halogens is 1. The lowest BCUT2D eigenvalue weighted by atomic mass is 10.0. The zero-order valence-electron chi connectivity index (χ0n) is 13.5. The number of ether oxygens (including phenoxy) is 2. The number of benzene rings is 1. The number of methoxy groups -OCH3 is 1. The van der Waals surface area contributed by atoms with E-state index < -0.39 is 0 Å². The van der Waals surface area contributed by atoms with Gasteiger partial charge in [-0.25, -0.2) is 0 Å². The summed E-state index contributed by atoms with van der Waals surface area (Å²) in [5.41, 5.74) is 1.33. The van der Waals surface area contributed by atoms with Gasteiger partial charge in [-0.05, 0) is 72.8 Å². The molecule has 0 aliphatic rings. The summed E-state index contributed by atoms with van der Waals surface area (Å²) in [6.07, 6.45) is 4.44. The van der Waals surface area contributed by atoms with Gasteiger partial charge < -0.3 is 14.8 Å². The monoisotopic (exact) mass is 357 g/mol. The van der Waals surface area contributed by atoms with Crippen molar-refractivity contribution in [2.24, 2.45) is 0 Å². The second kappa shape index (κ2) is 11.0. The van der Waals surface area contributed by atoms with Crippen LogP contribution in [0.5, 0.6) is 5.75 Å². The Bertz CT molecular complexity index is 398. The molecule has 1 N–H and O–H groups in total. The van der Waals surface area contributed by atoms with Crippen LogP contribution in [0, 0.1) is 0 Å². The van der Waals surface area contributed by atoms with Gasteiger partial charge in [-0.3, -0.25) is 0 Å². The van der Waals surface area contributed by atoms with Crippen LogP contribution >= 0.6 is 15.9 Å². The Morgan fingerprint density at radius 2 is 2.10 bits per heavy atom. The molecule has 0 aromatic heterocycles. The third-order valence-electron chi connectivity index (χ3n) is 3.43. The van der Waals surface area contributed by atoms with Crippen LogP contribution < -0.4 is 10.1 Å². The summed E-state index contributed by atoms with van der Waals surface area (Å²) in [7, 11) is 1.69.